The quantitative estimate of drug-likeness (QED) is 0.343. The Labute approximate surface area is 236 Å². The van der Waals surface area contributed by atoms with E-state index in [-0.39, 0.29) is 10.8 Å². The molecule has 0 radical (unpaired) electrons. The second-order valence-electron chi connectivity index (χ2n) is 9.35. The average molecular weight is 568 g/mol. The topological polar surface area (TPSA) is 70.2 Å². The highest BCUT2D eigenvalue weighted by molar-refractivity contribution is 7.89. The van der Waals surface area contributed by atoms with E-state index in [9.17, 15) is 13.2 Å². The highest BCUT2D eigenvalue weighted by atomic mass is 35.5. The van der Waals surface area contributed by atoms with Gasteiger partial charge in [0.2, 0.25) is 15.9 Å². The summed E-state index contributed by atoms with van der Waals surface area (Å²) in [5.74, 6) is 0.831. The number of methoxy groups -OCH3 is 1. The van der Waals surface area contributed by atoms with E-state index in [1.807, 2.05) is 71.6 Å². The van der Waals surface area contributed by atoms with Gasteiger partial charge in [-0.05, 0) is 35.9 Å². The minimum absolute atomic E-state index is 0.0508. The molecule has 0 bridgehead atoms. The first kappa shape index (κ1) is 28.8. The Morgan fingerprint density at radius 1 is 0.949 bits per heavy atom. The van der Waals surface area contributed by atoms with E-state index in [0.29, 0.717) is 57.3 Å². The van der Waals surface area contributed by atoms with Crippen LogP contribution >= 0.6 is 11.6 Å². The molecule has 0 aromatic heterocycles. The van der Waals surface area contributed by atoms with Crippen molar-refractivity contribution in [2.75, 3.05) is 52.9 Å². The molecule has 1 aliphatic rings. The number of amides is 1. The molecule has 0 unspecified atom stereocenters. The number of sulfonamides is 1. The van der Waals surface area contributed by atoms with Gasteiger partial charge in [0.05, 0.1) is 18.4 Å². The van der Waals surface area contributed by atoms with Crippen LogP contribution in [0.5, 0.6) is 5.75 Å². The highest BCUT2D eigenvalue weighted by Crippen LogP contribution is 2.21. The first-order valence-electron chi connectivity index (χ1n) is 13.0. The fraction of sp³-hybridized carbons (Fsp3) is 0.300. The number of carbonyl (C=O) groups is 1. The molecule has 4 rings (SSSR count). The SMILES string of the molecule is COc1ccccc1/C=C/CN(CCN1CCN(S(=O)(=O)c2ccc(Cl)cc2)CC1)C(=O)Cc1ccccc1. The third-order valence-electron chi connectivity index (χ3n) is 6.78. The van der Waals surface area contributed by atoms with Crippen molar-refractivity contribution in [2.45, 2.75) is 11.3 Å². The molecule has 3 aromatic rings. The Balaban J connectivity index is 1.37. The molecule has 3 aromatic carbocycles. The molecule has 7 nitrogen and oxygen atoms in total. The van der Waals surface area contributed by atoms with Gasteiger partial charge in [-0.25, -0.2) is 8.42 Å². The lowest BCUT2D eigenvalue weighted by Crippen LogP contribution is -2.50. The predicted octanol–water partition coefficient (Wildman–Crippen LogP) is 4.44. The van der Waals surface area contributed by atoms with Crippen molar-refractivity contribution in [3.05, 3.63) is 101 Å². The van der Waals surface area contributed by atoms with Crippen LogP contribution in [0, 0.1) is 0 Å². The van der Waals surface area contributed by atoms with Gasteiger partial charge in [0, 0.05) is 56.4 Å². The largest absolute Gasteiger partial charge is 0.496 e. The zero-order valence-electron chi connectivity index (χ0n) is 22.1. The van der Waals surface area contributed by atoms with Crippen molar-refractivity contribution in [3.63, 3.8) is 0 Å². The molecule has 0 atom stereocenters. The zero-order valence-corrected chi connectivity index (χ0v) is 23.7. The van der Waals surface area contributed by atoms with Crippen LogP contribution in [0.25, 0.3) is 6.08 Å². The molecule has 1 amide bonds. The molecule has 1 fully saturated rings. The second kappa shape index (κ2) is 13.8. The molecular formula is C30H34ClN3O4S. The Bertz CT molecular complexity index is 1360. The first-order chi connectivity index (χ1) is 18.9. The van der Waals surface area contributed by atoms with Crippen molar-refractivity contribution in [1.82, 2.24) is 14.1 Å². The Kier molecular flexibility index (Phi) is 10.2. The van der Waals surface area contributed by atoms with Crippen molar-refractivity contribution < 1.29 is 17.9 Å². The summed E-state index contributed by atoms with van der Waals surface area (Å²) in [5.41, 5.74) is 1.93. The number of piperazine rings is 1. The molecule has 1 heterocycles. The molecule has 39 heavy (non-hydrogen) atoms. The summed E-state index contributed by atoms with van der Waals surface area (Å²) in [6.45, 7) is 3.68. The normalized spacial score (nSPS) is 14.9. The minimum atomic E-state index is -3.56. The number of hydrogen-bond acceptors (Lipinski definition) is 5. The second-order valence-corrected chi connectivity index (χ2v) is 11.7. The van der Waals surface area contributed by atoms with E-state index in [4.69, 9.17) is 16.3 Å². The molecule has 0 saturated carbocycles. The van der Waals surface area contributed by atoms with Crippen LogP contribution in [0.2, 0.25) is 5.02 Å². The maximum Gasteiger partial charge on any atom is 0.243 e. The van der Waals surface area contributed by atoms with Crippen LogP contribution in [0.4, 0.5) is 0 Å². The summed E-state index contributed by atoms with van der Waals surface area (Å²) in [5, 5.41) is 0.503. The summed E-state index contributed by atoms with van der Waals surface area (Å²) in [7, 11) is -1.92. The number of ether oxygens (including phenoxy) is 1. The lowest BCUT2D eigenvalue weighted by atomic mass is 10.1. The van der Waals surface area contributed by atoms with E-state index < -0.39 is 10.0 Å². The number of para-hydroxylation sites is 1. The van der Waals surface area contributed by atoms with Gasteiger partial charge >= 0.3 is 0 Å². The third kappa shape index (κ3) is 7.92. The zero-order chi connectivity index (χ0) is 27.7. The number of halogens is 1. The van der Waals surface area contributed by atoms with Gasteiger partial charge in [0.15, 0.2) is 0 Å². The van der Waals surface area contributed by atoms with E-state index in [0.717, 1.165) is 16.9 Å². The van der Waals surface area contributed by atoms with Gasteiger partial charge in [-0.2, -0.15) is 4.31 Å². The van der Waals surface area contributed by atoms with Crippen molar-refractivity contribution in [1.29, 1.82) is 0 Å². The number of nitrogens with zero attached hydrogens (tertiary/aromatic N) is 3. The van der Waals surface area contributed by atoms with Crippen molar-refractivity contribution >= 4 is 33.6 Å². The van der Waals surface area contributed by atoms with Crippen LogP contribution in [0.15, 0.2) is 89.8 Å². The van der Waals surface area contributed by atoms with Gasteiger partial charge in [-0.15, -0.1) is 0 Å². The van der Waals surface area contributed by atoms with Crippen LogP contribution in [0.1, 0.15) is 11.1 Å². The van der Waals surface area contributed by atoms with Crippen LogP contribution in [-0.2, 0) is 21.2 Å². The smallest absolute Gasteiger partial charge is 0.243 e. The summed E-state index contributed by atoms with van der Waals surface area (Å²) in [6, 6.07) is 23.8. The van der Waals surface area contributed by atoms with E-state index in [1.54, 1.807) is 31.4 Å². The fourth-order valence-corrected chi connectivity index (χ4v) is 6.07. The summed E-state index contributed by atoms with van der Waals surface area (Å²) < 4.78 is 33.0. The van der Waals surface area contributed by atoms with Crippen LogP contribution < -0.4 is 4.74 Å². The number of rotatable bonds is 11. The molecule has 0 aliphatic carbocycles. The summed E-state index contributed by atoms with van der Waals surface area (Å²) >= 11 is 5.92. The third-order valence-corrected chi connectivity index (χ3v) is 8.95. The Morgan fingerprint density at radius 3 is 2.31 bits per heavy atom. The molecule has 0 N–H and O–H groups in total. The van der Waals surface area contributed by atoms with E-state index in [1.165, 1.54) is 4.31 Å². The lowest BCUT2D eigenvalue weighted by Gasteiger charge is -2.35. The monoisotopic (exact) mass is 567 g/mol. The first-order valence-corrected chi connectivity index (χ1v) is 14.8. The van der Waals surface area contributed by atoms with Gasteiger partial charge in [0.1, 0.15) is 5.75 Å². The molecule has 9 heteroatoms. The molecule has 206 valence electrons. The minimum Gasteiger partial charge on any atom is -0.496 e. The summed E-state index contributed by atoms with van der Waals surface area (Å²) in [4.78, 5) is 17.6. The predicted molar refractivity (Wildman–Crippen MR) is 155 cm³/mol. The van der Waals surface area contributed by atoms with Gasteiger partial charge in [0.25, 0.3) is 0 Å². The fourth-order valence-electron chi connectivity index (χ4n) is 4.52. The maximum atomic E-state index is 13.3. The molecule has 0 spiro atoms. The number of benzene rings is 3. The molecule has 1 aliphatic heterocycles. The average Bonchev–Trinajstić information content (AvgIpc) is 2.96. The number of carbonyl (C=O) groups excluding carboxylic acids is 1. The maximum absolute atomic E-state index is 13.3. The molecule has 1 saturated heterocycles. The van der Waals surface area contributed by atoms with E-state index >= 15 is 0 Å². The van der Waals surface area contributed by atoms with Crippen LogP contribution in [0.3, 0.4) is 0 Å². The number of hydrogen-bond donors (Lipinski definition) is 0. The Hall–Kier alpha value is -3.17. The van der Waals surface area contributed by atoms with E-state index in [2.05, 4.69) is 4.90 Å². The highest BCUT2D eigenvalue weighted by Gasteiger charge is 2.28. The van der Waals surface area contributed by atoms with Crippen LogP contribution in [-0.4, -0.2) is 81.4 Å². The van der Waals surface area contributed by atoms with Gasteiger partial charge < -0.3 is 9.64 Å². The Morgan fingerprint density at radius 2 is 1.62 bits per heavy atom. The lowest BCUT2D eigenvalue weighted by molar-refractivity contribution is -0.130. The standard InChI is InChI=1S/C30H34ClN3O4S/c1-38-29-12-6-5-10-26(29)11-7-17-33(30(35)24-25-8-3-2-4-9-25)21-18-32-19-22-34(23-20-32)39(36,37)28-15-13-27(31)14-16-28/h2-16H,17-24H2,1H3/b11-7+. The molecular weight excluding hydrogens is 534 g/mol. The van der Waals surface area contributed by atoms with Gasteiger partial charge in [-0.3, -0.25) is 9.69 Å². The summed E-state index contributed by atoms with van der Waals surface area (Å²) in [6.07, 6.45) is 4.29. The van der Waals surface area contributed by atoms with Gasteiger partial charge in [-0.1, -0.05) is 72.3 Å². The van der Waals surface area contributed by atoms with Crippen molar-refractivity contribution in [3.8, 4) is 5.75 Å². The van der Waals surface area contributed by atoms with Crippen molar-refractivity contribution in [2.24, 2.45) is 0 Å².